The Hall–Kier alpha value is -3.73. The van der Waals surface area contributed by atoms with Crippen LogP contribution in [0, 0.1) is 12.8 Å². The van der Waals surface area contributed by atoms with Crippen LogP contribution in [0.3, 0.4) is 0 Å². The summed E-state index contributed by atoms with van der Waals surface area (Å²) < 4.78 is 53.7. The summed E-state index contributed by atoms with van der Waals surface area (Å²) in [5, 5.41) is 8.55. The number of aromatic nitrogens is 5. The largest absolute Gasteiger partial charge is 0.573 e. The van der Waals surface area contributed by atoms with Gasteiger partial charge in [0.2, 0.25) is 5.82 Å². The molecule has 0 bridgehead atoms. The lowest BCUT2D eigenvalue weighted by Gasteiger charge is -2.09. The summed E-state index contributed by atoms with van der Waals surface area (Å²) in [6.45, 7) is 4.19. The molecule has 0 amide bonds. The predicted octanol–water partition coefficient (Wildman–Crippen LogP) is 5.22. The minimum atomic E-state index is -4.75. The van der Waals surface area contributed by atoms with Crippen LogP contribution in [0.5, 0.6) is 5.75 Å². The van der Waals surface area contributed by atoms with Gasteiger partial charge in [-0.25, -0.2) is 0 Å². The van der Waals surface area contributed by atoms with Crippen LogP contribution in [-0.4, -0.2) is 44.5 Å². The Labute approximate surface area is 205 Å². The monoisotopic (exact) mass is 499 g/mol. The van der Waals surface area contributed by atoms with E-state index < -0.39 is 6.36 Å². The SMILES string of the molecule is Cc1cc(-c2nc(-c3ccc(OC(F)(F)F)cc3)no2)nn1Cc1ccnc(CCC2CCOC2)c1. The van der Waals surface area contributed by atoms with Crippen LogP contribution < -0.4 is 4.74 Å². The highest BCUT2D eigenvalue weighted by Gasteiger charge is 2.31. The van der Waals surface area contributed by atoms with E-state index in [4.69, 9.17) is 9.26 Å². The zero-order chi connectivity index (χ0) is 25.1. The Kier molecular flexibility index (Phi) is 6.73. The van der Waals surface area contributed by atoms with E-state index in [1.54, 1.807) is 0 Å². The number of benzene rings is 1. The second-order valence-corrected chi connectivity index (χ2v) is 8.75. The normalized spacial score (nSPS) is 15.9. The van der Waals surface area contributed by atoms with Gasteiger partial charge < -0.3 is 14.0 Å². The van der Waals surface area contributed by atoms with Crippen molar-refractivity contribution in [1.82, 2.24) is 24.9 Å². The second kappa shape index (κ2) is 10.1. The van der Waals surface area contributed by atoms with Gasteiger partial charge in [-0.15, -0.1) is 13.2 Å². The molecule has 1 saturated heterocycles. The number of ether oxygens (including phenoxy) is 2. The number of alkyl halides is 3. The number of pyridine rings is 1. The predicted molar refractivity (Wildman–Crippen MR) is 123 cm³/mol. The van der Waals surface area contributed by atoms with Crippen LogP contribution >= 0.6 is 0 Å². The molecule has 0 aliphatic carbocycles. The lowest BCUT2D eigenvalue weighted by atomic mass is 10.0. The molecule has 188 valence electrons. The van der Waals surface area contributed by atoms with Crippen LogP contribution in [0.25, 0.3) is 23.0 Å². The lowest BCUT2D eigenvalue weighted by Crippen LogP contribution is -2.16. The molecular formula is C25H24F3N5O3. The van der Waals surface area contributed by atoms with E-state index in [1.807, 2.05) is 29.9 Å². The Bertz CT molecular complexity index is 1310. The maximum Gasteiger partial charge on any atom is 0.573 e. The highest BCUT2D eigenvalue weighted by atomic mass is 19.4. The zero-order valence-corrected chi connectivity index (χ0v) is 19.5. The molecule has 0 N–H and O–H groups in total. The fraction of sp³-hybridized carbons (Fsp3) is 0.360. The van der Waals surface area contributed by atoms with E-state index in [0.29, 0.717) is 23.7 Å². The van der Waals surface area contributed by atoms with Crippen LogP contribution in [0.1, 0.15) is 29.8 Å². The average Bonchev–Trinajstić information content (AvgIpc) is 3.60. The first kappa shape index (κ1) is 24.0. The molecule has 4 aromatic rings. The smallest absolute Gasteiger partial charge is 0.406 e. The van der Waals surface area contributed by atoms with E-state index in [1.165, 1.54) is 24.3 Å². The molecule has 0 saturated carbocycles. The van der Waals surface area contributed by atoms with Crippen molar-refractivity contribution in [2.45, 2.75) is 39.1 Å². The Morgan fingerprint density at radius 1 is 1.14 bits per heavy atom. The van der Waals surface area contributed by atoms with Gasteiger partial charge in [0.1, 0.15) is 5.75 Å². The number of hydrogen-bond acceptors (Lipinski definition) is 7. The first-order valence-electron chi connectivity index (χ1n) is 11.6. The van der Waals surface area contributed by atoms with E-state index in [2.05, 4.69) is 31.0 Å². The number of aryl methyl sites for hydroxylation is 2. The van der Waals surface area contributed by atoms with Gasteiger partial charge in [0.15, 0.2) is 5.69 Å². The molecule has 36 heavy (non-hydrogen) atoms. The van der Waals surface area contributed by atoms with Gasteiger partial charge in [-0.1, -0.05) is 5.16 Å². The fourth-order valence-corrected chi connectivity index (χ4v) is 4.12. The molecule has 1 atom stereocenters. The van der Waals surface area contributed by atoms with Crippen LogP contribution in [0.2, 0.25) is 0 Å². The Morgan fingerprint density at radius 2 is 1.97 bits per heavy atom. The highest BCUT2D eigenvalue weighted by molar-refractivity contribution is 5.58. The van der Waals surface area contributed by atoms with Crippen molar-refractivity contribution in [2.75, 3.05) is 13.2 Å². The maximum atomic E-state index is 12.4. The van der Waals surface area contributed by atoms with Gasteiger partial charge in [0.25, 0.3) is 5.89 Å². The molecule has 3 aromatic heterocycles. The lowest BCUT2D eigenvalue weighted by molar-refractivity contribution is -0.274. The minimum Gasteiger partial charge on any atom is -0.406 e. The molecule has 0 radical (unpaired) electrons. The van der Waals surface area contributed by atoms with E-state index in [0.717, 1.165) is 49.4 Å². The molecule has 11 heteroatoms. The highest BCUT2D eigenvalue weighted by Crippen LogP contribution is 2.27. The minimum absolute atomic E-state index is 0.219. The molecule has 1 aliphatic heterocycles. The molecule has 1 unspecified atom stereocenters. The topological polar surface area (TPSA) is 88.1 Å². The van der Waals surface area contributed by atoms with Gasteiger partial charge in [-0.2, -0.15) is 10.1 Å². The quantitative estimate of drug-likeness (QED) is 0.328. The average molecular weight is 499 g/mol. The fourth-order valence-electron chi connectivity index (χ4n) is 4.12. The van der Waals surface area contributed by atoms with E-state index in [-0.39, 0.29) is 17.5 Å². The van der Waals surface area contributed by atoms with Crippen molar-refractivity contribution in [3.8, 4) is 28.7 Å². The maximum absolute atomic E-state index is 12.4. The van der Waals surface area contributed by atoms with Crippen molar-refractivity contribution in [3.05, 3.63) is 65.6 Å². The van der Waals surface area contributed by atoms with Crippen molar-refractivity contribution >= 4 is 0 Å². The third-order valence-electron chi connectivity index (χ3n) is 6.02. The van der Waals surface area contributed by atoms with Crippen molar-refractivity contribution < 1.29 is 27.2 Å². The van der Waals surface area contributed by atoms with Crippen LogP contribution in [-0.2, 0) is 17.7 Å². The Morgan fingerprint density at radius 3 is 2.72 bits per heavy atom. The summed E-state index contributed by atoms with van der Waals surface area (Å²) in [4.78, 5) is 8.86. The summed E-state index contributed by atoms with van der Waals surface area (Å²) in [5.74, 6) is 0.742. The van der Waals surface area contributed by atoms with Crippen LogP contribution in [0.4, 0.5) is 13.2 Å². The van der Waals surface area contributed by atoms with Gasteiger partial charge in [-0.05, 0) is 80.1 Å². The molecule has 1 fully saturated rings. The third-order valence-corrected chi connectivity index (χ3v) is 6.02. The zero-order valence-electron chi connectivity index (χ0n) is 19.5. The van der Waals surface area contributed by atoms with Gasteiger partial charge in [0, 0.05) is 36.4 Å². The van der Waals surface area contributed by atoms with Gasteiger partial charge >= 0.3 is 6.36 Å². The second-order valence-electron chi connectivity index (χ2n) is 8.75. The van der Waals surface area contributed by atoms with Gasteiger partial charge in [-0.3, -0.25) is 9.67 Å². The Balaban J connectivity index is 1.26. The summed E-state index contributed by atoms with van der Waals surface area (Å²) in [6, 6.07) is 11.2. The molecule has 1 aromatic carbocycles. The molecular weight excluding hydrogens is 475 g/mol. The standard InChI is InChI=1S/C25H24F3N5O3/c1-16-12-22(24-30-23(32-36-24)19-3-6-21(7-4-19)35-25(26,27)28)31-33(16)14-18-8-10-29-20(13-18)5-2-17-9-11-34-15-17/h3-4,6-8,10,12-13,17H,2,5,9,11,14-15H2,1H3. The number of halogens is 3. The first-order chi connectivity index (χ1) is 17.3. The summed E-state index contributed by atoms with van der Waals surface area (Å²) in [6.07, 6.45) is 0.174. The molecule has 0 spiro atoms. The number of hydrogen-bond donors (Lipinski definition) is 0. The molecule has 4 heterocycles. The summed E-state index contributed by atoms with van der Waals surface area (Å²) in [7, 11) is 0. The molecule has 5 rings (SSSR count). The summed E-state index contributed by atoms with van der Waals surface area (Å²) in [5.41, 5.74) is 4.06. The summed E-state index contributed by atoms with van der Waals surface area (Å²) >= 11 is 0. The molecule has 8 nitrogen and oxygen atoms in total. The van der Waals surface area contributed by atoms with Crippen LogP contribution in [0.15, 0.2) is 53.2 Å². The van der Waals surface area contributed by atoms with Gasteiger partial charge in [0.05, 0.1) is 6.54 Å². The third kappa shape index (κ3) is 5.91. The van der Waals surface area contributed by atoms with Crippen molar-refractivity contribution in [2.24, 2.45) is 5.92 Å². The van der Waals surface area contributed by atoms with E-state index >= 15 is 0 Å². The number of nitrogens with zero attached hydrogens (tertiary/aromatic N) is 5. The first-order valence-corrected chi connectivity index (χ1v) is 11.6. The van der Waals surface area contributed by atoms with E-state index in [9.17, 15) is 13.2 Å². The van der Waals surface area contributed by atoms with Crippen molar-refractivity contribution in [1.29, 1.82) is 0 Å². The molecule has 1 aliphatic rings. The van der Waals surface area contributed by atoms with Crippen molar-refractivity contribution in [3.63, 3.8) is 0 Å². The number of rotatable bonds is 8.